The average Bonchev–Trinajstić information content (AvgIpc) is 2.77. The number of carbonyl (C=O) groups is 1. The Morgan fingerprint density at radius 3 is 2.04 bits per heavy atom. The van der Waals surface area contributed by atoms with E-state index in [0.717, 1.165) is 12.8 Å². The first kappa shape index (κ1) is 16.5. The van der Waals surface area contributed by atoms with Gasteiger partial charge in [0.05, 0.1) is 6.04 Å². The zero-order valence-corrected chi connectivity index (χ0v) is 14.3. The van der Waals surface area contributed by atoms with Crippen LogP contribution in [-0.4, -0.2) is 5.91 Å². The molecule has 0 saturated heterocycles. The van der Waals surface area contributed by atoms with Gasteiger partial charge in [-0.05, 0) is 28.7 Å². The molecule has 1 aliphatic rings. The average molecular weight is 319 g/mol. The van der Waals surface area contributed by atoms with Crippen molar-refractivity contribution in [3.05, 3.63) is 70.8 Å². The minimum atomic E-state index is -0.0777. The van der Waals surface area contributed by atoms with E-state index >= 15 is 0 Å². The fourth-order valence-corrected chi connectivity index (χ4v) is 3.30. The monoisotopic (exact) mass is 319 g/mol. The van der Waals surface area contributed by atoms with E-state index in [1.807, 2.05) is 24.3 Å². The molecule has 0 unspecified atom stereocenters. The molecule has 1 N–H and O–H groups in total. The summed E-state index contributed by atoms with van der Waals surface area (Å²) in [6.45, 7) is 2.19. The van der Waals surface area contributed by atoms with Crippen molar-refractivity contribution in [2.45, 2.75) is 45.1 Å². The minimum Gasteiger partial charge on any atom is -0.345 e. The molecule has 1 amide bonds. The van der Waals surface area contributed by atoms with Crippen molar-refractivity contribution < 1.29 is 4.79 Å². The number of hydrogen-bond acceptors (Lipinski definition) is 1. The van der Waals surface area contributed by atoms with E-state index in [1.54, 1.807) is 0 Å². The largest absolute Gasteiger partial charge is 0.345 e. The Morgan fingerprint density at radius 2 is 1.46 bits per heavy atom. The zero-order chi connectivity index (χ0) is 16.8. The highest BCUT2D eigenvalue weighted by molar-refractivity contribution is 5.80. The Morgan fingerprint density at radius 1 is 0.875 bits per heavy atom. The molecule has 2 aromatic carbocycles. The highest BCUT2D eigenvalue weighted by atomic mass is 16.1. The molecule has 0 atom stereocenters. The third kappa shape index (κ3) is 3.76. The topological polar surface area (TPSA) is 29.1 Å². The van der Waals surface area contributed by atoms with Crippen molar-refractivity contribution in [2.24, 2.45) is 0 Å². The van der Waals surface area contributed by atoms with Gasteiger partial charge in [-0.3, -0.25) is 4.79 Å². The second-order valence-electron chi connectivity index (χ2n) is 6.40. The lowest BCUT2D eigenvalue weighted by molar-refractivity contribution is -0.121. The highest BCUT2D eigenvalue weighted by Crippen LogP contribution is 2.32. The fraction of sp³-hybridized carbons (Fsp3) is 0.318. The van der Waals surface area contributed by atoms with Crippen LogP contribution in [0.15, 0.2) is 48.5 Å². The molecule has 124 valence electrons. The number of hydrogen-bond donors (Lipinski definition) is 1. The van der Waals surface area contributed by atoms with Crippen LogP contribution in [-0.2, 0) is 4.79 Å². The van der Waals surface area contributed by atoms with E-state index in [0.29, 0.717) is 6.42 Å². The van der Waals surface area contributed by atoms with Crippen LogP contribution in [0.5, 0.6) is 0 Å². The summed E-state index contributed by atoms with van der Waals surface area (Å²) in [5, 5.41) is 3.27. The summed E-state index contributed by atoms with van der Waals surface area (Å²) in [5.41, 5.74) is 4.68. The van der Waals surface area contributed by atoms with Crippen molar-refractivity contribution >= 4 is 18.1 Å². The van der Waals surface area contributed by atoms with Crippen LogP contribution < -0.4 is 5.32 Å². The number of rotatable bonds is 6. The molecule has 0 spiro atoms. The molecule has 0 aliphatic heterocycles. The Balaban J connectivity index is 1.83. The predicted octanol–water partition coefficient (Wildman–Crippen LogP) is 5.35. The van der Waals surface area contributed by atoms with Gasteiger partial charge in [-0.25, -0.2) is 0 Å². The first-order valence-electron chi connectivity index (χ1n) is 8.95. The summed E-state index contributed by atoms with van der Waals surface area (Å²) >= 11 is 0. The molecule has 2 aromatic rings. The fourth-order valence-electron chi connectivity index (χ4n) is 3.30. The third-order valence-electron chi connectivity index (χ3n) is 4.62. The molecule has 0 saturated carbocycles. The number of amides is 1. The molecule has 24 heavy (non-hydrogen) atoms. The van der Waals surface area contributed by atoms with Crippen LogP contribution in [0.3, 0.4) is 0 Å². The summed E-state index contributed by atoms with van der Waals surface area (Å²) in [7, 11) is 0. The second-order valence-corrected chi connectivity index (χ2v) is 6.40. The zero-order valence-electron chi connectivity index (χ0n) is 14.3. The maximum atomic E-state index is 12.5. The molecule has 0 aromatic heterocycles. The highest BCUT2D eigenvalue weighted by Gasteiger charge is 2.22. The van der Waals surface area contributed by atoms with Gasteiger partial charge in [0, 0.05) is 6.42 Å². The van der Waals surface area contributed by atoms with Gasteiger partial charge in [0.1, 0.15) is 0 Å². The van der Waals surface area contributed by atoms with Crippen LogP contribution in [0.4, 0.5) is 0 Å². The van der Waals surface area contributed by atoms with Crippen molar-refractivity contribution in [3.8, 4) is 0 Å². The molecule has 0 bridgehead atoms. The lowest BCUT2D eigenvalue weighted by Gasteiger charge is -2.22. The van der Waals surface area contributed by atoms with E-state index in [2.05, 4.69) is 48.7 Å². The molecule has 0 fully saturated rings. The molecule has 1 aliphatic carbocycles. The van der Waals surface area contributed by atoms with Gasteiger partial charge in [-0.15, -0.1) is 0 Å². The summed E-state index contributed by atoms with van der Waals surface area (Å²) in [6.07, 6.45) is 9.37. The first-order valence-corrected chi connectivity index (χ1v) is 8.95. The number of unbranched alkanes of at least 4 members (excludes halogenated alkanes) is 3. The quantitative estimate of drug-likeness (QED) is 0.715. The van der Waals surface area contributed by atoms with Crippen LogP contribution in [0, 0.1) is 0 Å². The van der Waals surface area contributed by atoms with E-state index < -0.39 is 0 Å². The lowest BCUT2D eigenvalue weighted by atomic mass is 9.94. The maximum Gasteiger partial charge on any atom is 0.220 e. The van der Waals surface area contributed by atoms with Crippen molar-refractivity contribution in [1.82, 2.24) is 5.32 Å². The van der Waals surface area contributed by atoms with Gasteiger partial charge in [0.2, 0.25) is 5.91 Å². The molecule has 3 rings (SSSR count). The van der Waals surface area contributed by atoms with Gasteiger partial charge < -0.3 is 5.32 Å². The van der Waals surface area contributed by atoms with Crippen molar-refractivity contribution in [1.29, 1.82) is 0 Å². The predicted molar refractivity (Wildman–Crippen MR) is 101 cm³/mol. The van der Waals surface area contributed by atoms with Crippen molar-refractivity contribution in [2.75, 3.05) is 0 Å². The van der Waals surface area contributed by atoms with Crippen molar-refractivity contribution in [3.63, 3.8) is 0 Å². The normalized spacial score (nSPS) is 13.0. The standard InChI is InChI=1S/C22H25NO/c1-2-3-4-5-14-21(24)23-22-19-12-8-6-10-17(19)15-16-18-11-7-9-13-20(18)22/h6-13,15-16,22H,2-5,14H2,1H3,(H,23,24). The van der Waals surface area contributed by atoms with E-state index in [1.165, 1.54) is 35.1 Å². The SMILES string of the molecule is CCCCCCC(=O)NC1c2ccccc2C=Cc2ccccc21. The van der Waals surface area contributed by atoms with E-state index in [9.17, 15) is 4.79 Å². The molecular formula is C22H25NO. The number of carbonyl (C=O) groups excluding carboxylic acids is 1. The van der Waals surface area contributed by atoms with Gasteiger partial charge >= 0.3 is 0 Å². The first-order chi connectivity index (χ1) is 11.8. The molecule has 2 heteroatoms. The third-order valence-corrected chi connectivity index (χ3v) is 4.62. The Bertz CT molecular complexity index is 683. The minimum absolute atomic E-state index is 0.0777. The maximum absolute atomic E-state index is 12.5. The van der Waals surface area contributed by atoms with Gasteiger partial charge in [-0.2, -0.15) is 0 Å². The van der Waals surface area contributed by atoms with Crippen LogP contribution in [0.2, 0.25) is 0 Å². The van der Waals surface area contributed by atoms with Crippen LogP contribution >= 0.6 is 0 Å². The molecule has 2 nitrogen and oxygen atoms in total. The van der Waals surface area contributed by atoms with Gasteiger partial charge in [-0.1, -0.05) is 86.9 Å². The number of fused-ring (bicyclic) bond motifs is 2. The smallest absolute Gasteiger partial charge is 0.220 e. The van der Waals surface area contributed by atoms with Crippen LogP contribution in [0.1, 0.15) is 67.3 Å². The summed E-state index contributed by atoms with van der Waals surface area (Å²) in [5.74, 6) is 0.141. The lowest BCUT2D eigenvalue weighted by Crippen LogP contribution is -2.29. The summed E-state index contributed by atoms with van der Waals surface area (Å²) in [6, 6.07) is 16.5. The van der Waals surface area contributed by atoms with Gasteiger partial charge in [0.25, 0.3) is 0 Å². The molecule has 0 heterocycles. The molecule has 0 radical (unpaired) electrons. The van der Waals surface area contributed by atoms with Gasteiger partial charge in [0.15, 0.2) is 0 Å². The number of benzene rings is 2. The molecular weight excluding hydrogens is 294 g/mol. The summed E-state index contributed by atoms with van der Waals surface area (Å²) in [4.78, 5) is 12.5. The van der Waals surface area contributed by atoms with Crippen LogP contribution in [0.25, 0.3) is 12.2 Å². The van der Waals surface area contributed by atoms with E-state index in [4.69, 9.17) is 0 Å². The number of nitrogens with one attached hydrogen (secondary N) is 1. The Kier molecular flexibility index (Phi) is 5.47. The Hall–Kier alpha value is -2.35. The Labute approximate surface area is 144 Å². The second kappa shape index (κ2) is 7.96. The summed E-state index contributed by atoms with van der Waals surface area (Å²) < 4.78 is 0. The van der Waals surface area contributed by atoms with E-state index in [-0.39, 0.29) is 11.9 Å².